The van der Waals surface area contributed by atoms with Crippen molar-refractivity contribution in [2.75, 3.05) is 0 Å². The molecule has 0 aliphatic rings. The van der Waals surface area contributed by atoms with Gasteiger partial charge in [0.2, 0.25) is 0 Å². The molecule has 0 spiro atoms. The standard InChI is InChI=1S/C11H15IO/c1-3-9(2)13-8-10-6-4-5-7-11(10)12/h4-7,9H,3,8H2,1-2H3. The molecule has 1 atom stereocenters. The number of ether oxygens (including phenoxy) is 1. The van der Waals surface area contributed by atoms with Gasteiger partial charge in [0.15, 0.2) is 0 Å². The summed E-state index contributed by atoms with van der Waals surface area (Å²) >= 11 is 2.34. The summed E-state index contributed by atoms with van der Waals surface area (Å²) in [7, 11) is 0. The highest BCUT2D eigenvalue weighted by molar-refractivity contribution is 14.1. The van der Waals surface area contributed by atoms with Crippen molar-refractivity contribution in [2.24, 2.45) is 0 Å². The Labute approximate surface area is 93.6 Å². The van der Waals surface area contributed by atoms with Crippen LogP contribution >= 0.6 is 22.6 Å². The number of benzene rings is 1. The first kappa shape index (κ1) is 11.0. The molecule has 0 amide bonds. The fourth-order valence-electron chi connectivity index (χ4n) is 0.965. The lowest BCUT2D eigenvalue weighted by atomic mass is 10.2. The van der Waals surface area contributed by atoms with Crippen LogP contribution in [0.25, 0.3) is 0 Å². The molecule has 1 rings (SSSR count). The summed E-state index contributed by atoms with van der Waals surface area (Å²) in [6.45, 7) is 4.98. The van der Waals surface area contributed by atoms with Gasteiger partial charge in [-0.2, -0.15) is 0 Å². The molecule has 0 saturated heterocycles. The Hall–Kier alpha value is -0.0900. The van der Waals surface area contributed by atoms with Crippen LogP contribution in [-0.2, 0) is 11.3 Å². The Morgan fingerprint density at radius 2 is 2.08 bits per heavy atom. The molecule has 72 valence electrons. The highest BCUT2D eigenvalue weighted by atomic mass is 127. The second-order valence-corrected chi connectivity index (χ2v) is 4.28. The van der Waals surface area contributed by atoms with E-state index in [-0.39, 0.29) is 0 Å². The SMILES string of the molecule is CCC(C)OCc1ccccc1I. The van der Waals surface area contributed by atoms with Crippen molar-refractivity contribution >= 4 is 22.6 Å². The Kier molecular flexibility index (Phi) is 4.73. The Bertz CT molecular complexity index is 260. The zero-order chi connectivity index (χ0) is 9.68. The van der Waals surface area contributed by atoms with Gasteiger partial charge in [0.25, 0.3) is 0 Å². The molecule has 0 heterocycles. The van der Waals surface area contributed by atoms with Gasteiger partial charge >= 0.3 is 0 Å². The number of rotatable bonds is 4. The maximum absolute atomic E-state index is 5.65. The summed E-state index contributed by atoms with van der Waals surface area (Å²) in [5.74, 6) is 0. The second-order valence-electron chi connectivity index (χ2n) is 3.12. The van der Waals surface area contributed by atoms with Gasteiger partial charge in [-0.05, 0) is 47.6 Å². The topological polar surface area (TPSA) is 9.23 Å². The van der Waals surface area contributed by atoms with Crippen LogP contribution in [-0.4, -0.2) is 6.10 Å². The van der Waals surface area contributed by atoms with Crippen molar-refractivity contribution in [1.29, 1.82) is 0 Å². The lowest BCUT2D eigenvalue weighted by Gasteiger charge is -2.11. The van der Waals surface area contributed by atoms with E-state index in [2.05, 4.69) is 60.7 Å². The normalized spacial score (nSPS) is 12.8. The summed E-state index contributed by atoms with van der Waals surface area (Å²) < 4.78 is 6.93. The molecule has 1 nitrogen and oxygen atoms in total. The van der Waals surface area contributed by atoms with E-state index in [1.807, 2.05) is 0 Å². The minimum absolute atomic E-state index is 0.357. The van der Waals surface area contributed by atoms with Gasteiger partial charge in [-0.1, -0.05) is 25.1 Å². The molecule has 0 saturated carbocycles. The fraction of sp³-hybridized carbons (Fsp3) is 0.455. The van der Waals surface area contributed by atoms with Gasteiger partial charge < -0.3 is 4.74 Å². The molecule has 0 aliphatic carbocycles. The average Bonchev–Trinajstić information content (AvgIpc) is 2.16. The van der Waals surface area contributed by atoms with E-state index in [1.165, 1.54) is 9.13 Å². The molecular formula is C11H15IO. The molecule has 13 heavy (non-hydrogen) atoms. The lowest BCUT2D eigenvalue weighted by Crippen LogP contribution is -2.06. The van der Waals surface area contributed by atoms with Gasteiger partial charge in [0.05, 0.1) is 12.7 Å². The number of hydrogen-bond donors (Lipinski definition) is 0. The molecule has 0 aliphatic heterocycles. The molecular weight excluding hydrogens is 275 g/mol. The molecule has 2 heteroatoms. The third kappa shape index (κ3) is 3.65. The second kappa shape index (κ2) is 5.60. The molecule has 1 aromatic rings. The number of hydrogen-bond acceptors (Lipinski definition) is 1. The lowest BCUT2D eigenvalue weighted by molar-refractivity contribution is 0.0505. The van der Waals surface area contributed by atoms with Gasteiger partial charge in [-0.25, -0.2) is 0 Å². The monoisotopic (exact) mass is 290 g/mol. The van der Waals surface area contributed by atoms with Crippen LogP contribution < -0.4 is 0 Å². The summed E-state index contributed by atoms with van der Waals surface area (Å²) in [6.07, 6.45) is 1.43. The fourth-order valence-corrected chi connectivity index (χ4v) is 1.51. The van der Waals surface area contributed by atoms with Gasteiger partial charge in [0.1, 0.15) is 0 Å². The zero-order valence-electron chi connectivity index (χ0n) is 8.09. The van der Waals surface area contributed by atoms with Crippen molar-refractivity contribution in [3.05, 3.63) is 33.4 Å². The van der Waals surface area contributed by atoms with Crippen molar-refractivity contribution < 1.29 is 4.74 Å². The van der Waals surface area contributed by atoms with Crippen molar-refractivity contribution in [2.45, 2.75) is 33.0 Å². The van der Waals surface area contributed by atoms with E-state index in [9.17, 15) is 0 Å². The molecule has 0 radical (unpaired) electrons. The summed E-state index contributed by atoms with van der Waals surface area (Å²) in [4.78, 5) is 0. The van der Waals surface area contributed by atoms with E-state index >= 15 is 0 Å². The van der Waals surface area contributed by atoms with Gasteiger partial charge in [-0.15, -0.1) is 0 Å². The molecule has 0 N–H and O–H groups in total. The van der Waals surface area contributed by atoms with Gasteiger partial charge in [-0.3, -0.25) is 0 Å². The predicted octanol–water partition coefficient (Wildman–Crippen LogP) is 3.61. The Morgan fingerprint density at radius 1 is 1.38 bits per heavy atom. The van der Waals surface area contributed by atoms with Gasteiger partial charge in [0, 0.05) is 3.57 Å². The van der Waals surface area contributed by atoms with Crippen LogP contribution in [0.5, 0.6) is 0 Å². The average molecular weight is 290 g/mol. The highest BCUT2D eigenvalue weighted by Gasteiger charge is 2.01. The van der Waals surface area contributed by atoms with E-state index in [0.29, 0.717) is 6.10 Å². The minimum Gasteiger partial charge on any atom is -0.374 e. The van der Waals surface area contributed by atoms with Crippen LogP contribution in [0.15, 0.2) is 24.3 Å². The first-order chi connectivity index (χ1) is 6.24. The quantitative estimate of drug-likeness (QED) is 0.770. The van der Waals surface area contributed by atoms with Crippen LogP contribution in [0.3, 0.4) is 0 Å². The van der Waals surface area contributed by atoms with Crippen LogP contribution in [0.1, 0.15) is 25.8 Å². The largest absolute Gasteiger partial charge is 0.374 e. The van der Waals surface area contributed by atoms with Crippen LogP contribution in [0, 0.1) is 3.57 Å². The summed E-state index contributed by atoms with van der Waals surface area (Å²) in [5, 5.41) is 0. The minimum atomic E-state index is 0.357. The molecule has 0 bridgehead atoms. The maximum Gasteiger partial charge on any atom is 0.0730 e. The summed E-state index contributed by atoms with van der Waals surface area (Å²) in [6, 6.07) is 8.33. The van der Waals surface area contributed by atoms with E-state index < -0.39 is 0 Å². The maximum atomic E-state index is 5.65. The third-order valence-electron chi connectivity index (χ3n) is 2.06. The smallest absolute Gasteiger partial charge is 0.0730 e. The molecule has 0 aromatic heterocycles. The molecule has 0 fully saturated rings. The van der Waals surface area contributed by atoms with Crippen molar-refractivity contribution in [3.8, 4) is 0 Å². The third-order valence-corrected chi connectivity index (χ3v) is 3.11. The van der Waals surface area contributed by atoms with Crippen molar-refractivity contribution in [3.63, 3.8) is 0 Å². The predicted molar refractivity (Wildman–Crippen MR) is 63.7 cm³/mol. The molecule has 1 aromatic carbocycles. The van der Waals surface area contributed by atoms with E-state index in [1.54, 1.807) is 0 Å². The highest BCUT2D eigenvalue weighted by Crippen LogP contribution is 2.13. The summed E-state index contributed by atoms with van der Waals surface area (Å²) in [5.41, 5.74) is 1.28. The van der Waals surface area contributed by atoms with E-state index in [4.69, 9.17) is 4.74 Å². The Morgan fingerprint density at radius 3 is 2.69 bits per heavy atom. The Balaban J connectivity index is 2.50. The van der Waals surface area contributed by atoms with Crippen LogP contribution in [0.2, 0.25) is 0 Å². The van der Waals surface area contributed by atoms with E-state index in [0.717, 1.165) is 13.0 Å². The van der Waals surface area contributed by atoms with Crippen molar-refractivity contribution in [1.82, 2.24) is 0 Å². The number of halogens is 1. The first-order valence-corrected chi connectivity index (χ1v) is 5.67. The van der Waals surface area contributed by atoms with Crippen LogP contribution in [0.4, 0.5) is 0 Å². The molecule has 1 unspecified atom stereocenters. The first-order valence-electron chi connectivity index (χ1n) is 4.59. The zero-order valence-corrected chi connectivity index (χ0v) is 10.2.